The van der Waals surface area contributed by atoms with Crippen molar-refractivity contribution in [2.24, 2.45) is 7.05 Å². The third-order valence-corrected chi connectivity index (χ3v) is 2.79. The van der Waals surface area contributed by atoms with Crippen molar-refractivity contribution in [1.29, 1.82) is 0 Å². The molecule has 0 N–H and O–H groups in total. The van der Waals surface area contributed by atoms with Crippen molar-refractivity contribution in [3.05, 3.63) is 11.6 Å². The fourth-order valence-corrected chi connectivity index (χ4v) is 1.13. The van der Waals surface area contributed by atoms with Gasteiger partial charge < -0.3 is 4.57 Å². The number of aromatic nitrogens is 3. The Kier molecular flexibility index (Phi) is 2.86. The molecule has 0 aliphatic carbocycles. The number of aryl methyl sites for hydroxylation is 1. The maximum absolute atomic E-state index is 12.4. The normalized spacial score (nSPS) is 12.4. The summed E-state index contributed by atoms with van der Waals surface area (Å²) in [5.74, 6) is 1.04. The summed E-state index contributed by atoms with van der Waals surface area (Å²) in [6.07, 6.45) is 0. The van der Waals surface area contributed by atoms with Crippen LogP contribution in [0.1, 0.15) is 11.6 Å². The molecule has 8 heteroatoms. The molecule has 14 heavy (non-hydrogen) atoms. The molecule has 0 aliphatic rings. The van der Waals surface area contributed by atoms with Crippen LogP contribution < -0.4 is 0 Å². The van der Waals surface area contributed by atoms with Gasteiger partial charge in [-0.05, 0) is 6.92 Å². The maximum Gasteiger partial charge on any atom is 0.374 e. The molecule has 0 fully saturated rings. The third-order valence-electron chi connectivity index (χ3n) is 1.92. The molecule has 1 aromatic heterocycles. The first kappa shape index (κ1) is 11.1. The largest absolute Gasteiger partial charge is 0.374 e. The highest BCUT2D eigenvalue weighted by atomic mass is 32.3. The van der Waals surface area contributed by atoms with Crippen molar-refractivity contribution >= 4 is 10.4 Å². The van der Waals surface area contributed by atoms with Gasteiger partial charge in [-0.15, -0.1) is 10.2 Å². The molecule has 0 saturated carbocycles. The summed E-state index contributed by atoms with van der Waals surface area (Å²) >= 11 is 0. The SMILES string of the molecule is Cc1nnc(CN(C)S(=O)(=O)F)n1C. The number of nitrogens with zero attached hydrogens (tertiary/aromatic N) is 4. The van der Waals surface area contributed by atoms with Crippen LogP contribution in [0.3, 0.4) is 0 Å². The summed E-state index contributed by atoms with van der Waals surface area (Å²) in [6.45, 7) is 1.59. The summed E-state index contributed by atoms with van der Waals surface area (Å²) < 4.78 is 35.5. The summed E-state index contributed by atoms with van der Waals surface area (Å²) in [5, 5.41) is 7.43. The van der Waals surface area contributed by atoms with Gasteiger partial charge in [0.1, 0.15) is 11.6 Å². The molecule has 0 amide bonds. The van der Waals surface area contributed by atoms with E-state index in [2.05, 4.69) is 10.2 Å². The lowest BCUT2D eigenvalue weighted by Crippen LogP contribution is -2.24. The fourth-order valence-electron chi connectivity index (χ4n) is 0.865. The van der Waals surface area contributed by atoms with Crippen LogP contribution in [-0.4, -0.2) is 34.5 Å². The first-order valence-corrected chi connectivity index (χ1v) is 5.17. The topological polar surface area (TPSA) is 68.1 Å². The predicted octanol–water partition coefficient (Wildman–Crippen LogP) is -0.230. The van der Waals surface area contributed by atoms with E-state index >= 15 is 0 Å². The van der Waals surface area contributed by atoms with Crippen LogP contribution in [0.5, 0.6) is 0 Å². The molecule has 0 bridgehead atoms. The summed E-state index contributed by atoms with van der Waals surface area (Å²) in [7, 11) is -1.83. The number of rotatable bonds is 3. The molecular formula is C6H11FN4O2S. The maximum atomic E-state index is 12.4. The summed E-state index contributed by atoms with van der Waals surface area (Å²) in [5.41, 5.74) is 0. The molecule has 0 unspecified atom stereocenters. The molecule has 1 heterocycles. The van der Waals surface area contributed by atoms with Gasteiger partial charge in [0.25, 0.3) is 0 Å². The van der Waals surface area contributed by atoms with Crippen LogP contribution in [0, 0.1) is 6.92 Å². The Morgan fingerprint density at radius 2 is 2.07 bits per heavy atom. The van der Waals surface area contributed by atoms with E-state index in [4.69, 9.17) is 0 Å². The smallest absolute Gasteiger partial charge is 0.317 e. The second kappa shape index (κ2) is 3.62. The molecular weight excluding hydrogens is 211 g/mol. The van der Waals surface area contributed by atoms with Crippen molar-refractivity contribution in [2.75, 3.05) is 7.05 Å². The van der Waals surface area contributed by atoms with Crippen molar-refractivity contribution in [1.82, 2.24) is 19.1 Å². The van der Waals surface area contributed by atoms with Crippen molar-refractivity contribution in [3.8, 4) is 0 Å². The number of hydrogen-bond donors (Lipinski definition) is 0. The van der Waals surface area contributed by atoms with Crippen LogP contribution in [0.2, 0.25) is 0 Å². The van der Waals surface area contributed by atoms with Gasteiger partial charge in [0.2, 0.25) is 0 Å². The van der Waals surface area contributed by atoms with Crippen LogP contribution in [0.25, 0.3) is 0 Å². The van der Waals surface area contributed by atoms with Crippen molar-refractivity contribution in [2.45, 2.75) is 13.5 Å². The molecule has 6 nitrogen and oxygen atoms in total. The zero-order valence-corrected chi connectivity index (χ0v) is 8.92. The monoisotopic (exact) mass is 222 g/mol. The number of halogens is 1. The Hall–Kier alpha value is -1.02. The van der Waals surface area contributed by atoms with Gasteiger partial charge in [-0.2, -0.15) is 12.7 Å². The lowest BCUT2D eigenvalue weighted by Gasteiger charge is -2.09. The zero-order valence-electron chi connectivity index (χ0n) is 8.10. The van der Waals surface area contributed by atoms with E-state index < -0.39 is 10.4 Å². The van der Waals surface area contributed by atoms with Crippen LogP contribution in [-0.2, 0) is 24.0 Å². The van der Waals surface area contributed by atoms with Gasteiger partial charge in [-0.3, -0.25) is 0 Å². The minimum Gasteiger partial charge on any atom is -0.317 e. The highest BCUT2D eigenvalue weighted by Crippen LogP contribution is 2.06. The van der Waals surface area contributed by atoms with Crippen molar-refractivity contribution < 1.29 is 12.3 Å². The van der Waals surface area contributed by atoms with Gasteiger partial charge in [0.05, 0.1) is 6.54 Å². The Balaban J connectivity index is 2.85. The Bertz CT molecular complexity index is 427. The van der Waals surface area contributed by atoms with E-state index in [1.54, 1.807) is 18.5 Å². The van der Waals surface area contributed by atoms with E-state index in [9.17, 15) is 12.3 Å². The first-order chi connectivity index (χ1) is 6.32. The van der Waals surface area contributed by atoms with Gasteiger partial charge >= 0.3 is 10.4 Å². The number of hydrogen-bond acceptors (Lipinski definition) is 4. The minimum absolute atomic E-state index is 0.129. The summed E-state index contributed by atoms with van der Waals surface area (Å²) in [4.78, 5) is 0. The lowest BCUT2D eigenvalue weighted by atomic mass is 10.5. The fraction of sp³-hybridized carbons (Fsp3) is 0.667. The molecule has 0 atom stereocenters. The molecule has 0 aromatic carbocycles. The predicted molar refractivity (Wildman–Crippen MR) is 47.2 cm³/mol. The molecule has 1 rings (SSSR count). The minimum atomic E-state index is -4.66. The standard InChI is InChI=1S/C6H11FN4O2S/c1-5-8-9-6(11(5)3)4-10(2)14(7,12)13/h4H2,1-3H3. The molecule has 1 aromatic rings. The van der Waals surface area contributed by atoms with E-state index in [1.807, 2.05) is 0 Å². The molecule has 0 saturated heterocycles. The Morgan fingerprint density at radius 3 is 2.43 bits per heavy atom. The van der Waals surface area contributed by atoms with Crippen LogP contribution >= 0.6 is 0 Å². The van der Waals surface area contributed by atoms with Gasteiger partial charge in [-0.25, -0.2) is 0 Å². The molecule has 0 aliphatic heterocycles. The average molecular weight is 222 g/mol. The van der Waals surface area contributed by atoms with E-state index in [0.29, 0.717) is 16.0 Å². The van der Waals surface area contributed by atoms with E-state index in [0.717, 1.165) is 7.05 Å². The zero-order chi connectivity index (χ0) is 10.9. The van der Waals surface area contributed by atoms with Gasteiger partial charge in [0.15, 0.2) is 0 Å². The lowest BCUT2D eigenvalue weighted by molar-refractivity contribution is 0.417. The first-order valence-electron chi connectivity index (χ1n) is 3.83. The second-order valence-corrected chi connectivity index (χ2v) is 4.37. The third kappa shape index (κ3) is 2.26. The van der Waals surface area contributed by atoms with Crippen LogP contribution in [0.15, 0.2) is 0 Å². The van der Waals surface area contributed by atoms with E-state index in [-0.39, 0.29) is 6.54 Å². The highest BCUT2D eigenvalue weighted by molar-refractivity contribution is 7.83. The molecule has 0 spiro atoms. The summed E-state index contributed by atoms with van der Waals surface area (Å²) in [6, 6.07) is 0. The molecule has 80 valence electrons. The highest BCUT2D eigenvalue weighted by Gasteiger charge is 2.18. The van der Waals surface area contributed by atoms with Gasteiger partial charge in [0, 0.05) is 14.1 Å². The van der Waals surface area contributed by atoms with Crippen molar-refractivity contribution in [3.63, 3.8) is 0 Å². The molecule has 0 radical (unpaired) electrons. The Morgan fingerprint density at radius 1 is 1.50 bits per heavy atom. The van der Waals surface area contributed by atoms with Crippen LogP contribution in [0.4, 0.5) is 3.89 Å². The average Bonchev–Trinajstić information content (AvgIpc) is 2.34. The Labute approximate surface area is 81.7 Å². The van der Waals surface area contributed by atoms with E-state index in [1.165, 1.54) is 0 Å². The quantitative estimate of drug-likeness (QED) is 0.662. The van der Waals surface area contributed by atoms with Gasteiger partial charge in [-0.1, -0.05) is 3.89 Å². The second-order valence-electron chi connectivity index (χ2n) is 2.92.